The third-order valence-electron chi connectivity index (χ3n) is 2.03. The molecule has 0 aliphatic carbocycles. The number of halogens is 3. The molecule has 3 nitrogen and oxygen atoms in total. The first-order valence-electron chi connectivity index (χ1n) is 4.29. The lowest BCUT2D eigenvalue weighted by Crippen LogP contribution is -2.34. The van der Waals surface area contributed by atoms with Crippen LogP contribution >= 0.6 is 40.7 Å². The van der Waals surface area contributed by atoms with Crippen molar-refractivity contribution in [1.29, 1.82) is 0 Å². The van der Waals surface area contributed by atoms with Crippen molar-refractivity contribution in [3.8, 4) is 0 Å². The Morgan fingerprint density at radius 3 is 2.73 bits per heavy atom. The highest BCUT2D eigenvalue weighted by molar-refractivity contribution is 9.10. The number of rotatable bonds is 1. The molecular weight excluding hydrogens is 303 g/mol. The van der Waals surface area contributed by atoms with Gasteiger partial charge in [-0.1, -0.05) is 0 Å². The van der Waals surface area contributed by atoms with Crippen LogP contribution < -0.4 is 5.32 Å². The average molecular weight is 316 g/mol. The second-order valence-electron chi connectivity index (χ2n) is 2.98. The van der Waals surface area contributed by atoms with Crippen molar-refractivity contribution in [3.63, 3.8) is 0 Å². The van der Waals surface area contributed by atoms with E-state index in [4.69, 9.17) is 4.74 Å². The molecule has 2 rings (SSSR count). The molecule has 86 valence electrons. The lowest BCUT2D eigenvalue weighted by molar-refractivity contribution is 0.0756. The predicted molar refractivity (Wildman–Crippen MR) is 68.0 cm³/mol. The van der Waals surface area contributed by atoms with Crippen molar-refractivity contribution in [3.05, 3.63) is 28.5 Å². The van der Waals surface area contributed by atoms with E-state index in [2.05, 4.69) is 26.2 Å². The van der Waals surface area contributed by atoms with Crippen molar-refractivity contribution in [1.82, 2.24) is 10.3 Å². The number of nitrogens with one attached hydrogen (secondary N) is 1. The van der Waals surface area contributed by atoms with Gasteiger partial charge in [-0.15, -0.1) is 24.8 Å². The summed E-state index contributed by atoms with van der Waals surface area (Å²) in [6, 6.07) is 4.26. The van der Waals surface area contributed by atoms with Gasteiger partial charge < -0.3 is 10.1 Å². The molecule has 1 saturated heterocycles. The fourth-order valence-electron chi connectivity index (χ4n) is 1.35. The summed E-state index contributed by atoms with van der Waals surface area (Å²) >= 11 is 3.36. The highest BCUT2D eigenvalue weighted by Crippen LogP contribution is 2.15. The minimum Gasteiger partial charge on any atom is -0.378 e. The molecule has 0 spiro atoms. The second kappa shape index (κ2) is 7.41. The molecule has 1 N–H and O–H groups in total. The van der Waals surface area contributed by atoms with Crippen molar-refractivity contribution in [2.75, 3.05) is 19.8 Å². The number of ether oxygens (including phenoxy) is 1. The predicted octanol–water partition coefficient (Wildman–Crippen LogP) is 2.35. The normalized spacial score (nSPS) is 19.9. The minimum absolute atomic E-state index is 0. The molecular formula is C9H13BrCl2N2O. The Morgan fingerprint density at radius 1 is 1.40 bits per heavy atom. The summed E-state index contributed by atoms with van der Waals surface area (Å²) in [5.41, 5.74) is 1.04. The maximum atomic E-state index is 5.35. The van der Waals surface area contributed by atoms with Crippen LogP contribution in [0.5, 0.6) is 0 Å². The molecule has 1 aromatic rings. The molecule has 0 amide bonds. The molecule has 1 atom stereocenters. The van der Waals surface area contributed by atoms with Crippen LogP contribution in [0.2, 0.25) is 0 Å². The molecule has 0 aromatic carbocycles. The molecule has 6 heteroatoms. The van der Waals surface area contributed by atoms with Crippen molar-refractivity contribution >= 4 is 40.7 Å². The van der Waals surface area contributed by atoms with Crippen LogP contribution in [0.3, 0.4) is 0 Å². The monoisotopic (exact) mass is 314 g/mol. The molecule has 1 aliphatic heterocycles. The van der Waals surface area contributed by atoms with E-state index in [0.29, 0.717) is 6.61 Å². The Hall–Kier alpha value is 0.130. The fourth-order valence-corrected chi connectivity index (χ4v) is 1.58. The van der Waals surface area contributed by atoms with Gasteiger partial charge in [0.15, 0.2) is 0 Å². The number of pyridine rings is 1. The van der Waals surface area contributed by atoms with Gasteiger partial charge >= 0.3 is 0 Å². The van der Waals surface area contributed by atoms with Gasteiger partial charge in [-0.05, 0) is 28.1 Å². The molecule has 1 unspecified atom stereocenters. The van der Waals surface area contributed by atoms with Gasteiger partial charge in [0.25, 0.3) is 0 Å². The van der Waals surface area contributed by atoms with Crippen LogP contribution in [-0.2, 0) is 4.74 Å². The minimum atomic E-state index is 0. The quantitative estimate of drug-likeness (QED) is 0.864. The summed E-state index contributed by atoms with van der Waals surface area (Å²) in [5.74, 6) is 0. The van der Waals surface area contributed by atoms with E-state index < -0.39 is 0 Å². The number of hydrogen-bond donors (Lipinski definition) is 1. The molecule has 0 radical (unpaired) electrons. The van der Waals surface area contributed by atoms with Gasteiger partial charge in [0, 0.05) is 17.2 Å². The Balaban J connectivity index is 0.000000980. The number of hydrogen-bond acceptors (Lipinski definition) is 3. The summed E-state index contributed by atoms with van der Waals surface area (Å²) < 4.78 is 6.36. The Morgan fingerprint density at radius 2 is 2.20 bits per heavy atom. The Labute approximate surface area is 110 Å². The van der Waals surface area contributed by atoms with E-state index in [0.717, 1.165) is 23.3 Å². The van der Waals surface area contributed by atoms with Crippen molar-refractivity contribution < 1.29 is 4.74 Å². The zero-order chi connectivity index (χ0) is 9.10. The lowest BCUT2D eigenvalue weighted by atomic mass is 10.2. The second-order valence-corrected chi connectivity index (χ2v) is 3.90. The molecule has 1 aliphatic rings. The number of nitrogens with zero attached hydrogens (tertiary/aromatic N) is 1. The van der Waals surface area contributed by atoms with Crippen LogP contribution in [-0.4, -0.2) is 24.7 Å². The third kappa shape index (κ3) is 4.25. The Kier molecular flexibility index (Phi) is 7.48. The van der Waals surface area contributed by atoms with Gasteiger partial charge in [0.2, 0.25) is 0 Å². The van der Waals surface area contributed by atoms with E-state index in [9.17, 15) is 0 Å². The summed E-state index contributed by atoms with van der Waals surface area (Å²) in [7, 11) is 0. The SMILES string of the molecule is Brc1ccc(C2COCCN2)nc1.Cl.Cl. The molecule has 1 fully saturated rings. The molecule has 2 heterocycles. The first-order valence-corrected chi connectivity index (χ1v) is 5.08. The average Bonchev–Trinajstić information content (AvgIpc) is 2.20. The van der Waals surface area contributed by atoms with E-state index in [1.165, 1.54) is 0 Å². The van der Waals surface area contributed by atoms with Crippen LogP contribution in [0.25, 0.3) is 0 Å². The number of morpholine rings is 1. The summed E-state index contributed by atoms with van der Waals surface area (Å²) in [4.78, 5) is 4.31. The van der Waals surface area contributed by atoms with E-state index in [1.807, 2.05) is 18.3 Å². The van der Waals surface area contributed by atoms with Gasteiger partial charge in [-0.3, -0.25) is 4.98 Å². The van der Waals surface area contributed by atoms with Crippen LogP contribution in [0.1, 0.15) is 11.7 Å². The van der Waals surface area contributed by atoms with Gasteiger partial charge in [0.05, 0.1) is 24.9 Å². The fraction of sp³-hybridized carbons (Fsp3) is 0.444. The van der Waals surface area contributed by atoms with Crippen LogP contribution in [0.15, 0.2) is 22.8 Å². The topological polar surface area (TPSA) is 34.1 Å². The summed E-state index contributed by atoms with van der Waals surface area (Å²) in [5, 5.41) is 3.35. The summed E-state index contributed by atoms with van der Waals surface area (Å²) in [6.45, 7) is 2.42. The van der Waals surface area contributed by atoms with E-state index in [1.54, 1.807) is 0 Å². The van der Waals surface area contributed by atoms with Crippen molar-refractivity contribution in [2.24, 2.45) is 0 Å². The third-order valence-corrected chi connectivity index (χ3v) is 2.50. The zero-order valence-electron chi connectivity index (χ0n) is 7.98. The first kappa shape index (κ1) is 15.1. The highest BCUT2D eigenvalue weighted by atomic mass is 79.9. The molecule has 0 bridgehead atoms. The molecule has 1 aromatic heterocycles. The van der Waals surface area contributed by atoms with Crippen LogP contribution in [0, 0.1) is 0 Å². The first-order chi connectivity index (χ1) is 6.36. The molecule has 0 saturated carbocycles. The van der Waals surface area contributed by atoms with Gasteiger partial charge in [-0.2, -0.15) is 0 Å². The lowest BCUT2D eigenvalue weighted by Gasteiger charge is -2.23. The van der Waals surface area contributed by atoms with E-state index >= 15 is 0 Å². The maximum Gasteiger partial charge on any atom is 0.0733 e. The summed E-state index contributed by atoms with van der Waals surface area (Å²) in [6.07, 6.45) is 1.81. The largest absolute Gasteiger partial charge is 0.378 e. The van der Waals surface area contributed by atoms with Crippen molar-refractivity contribution in [2.45, 2.75) is 6.04 Å². The standard InChI is InChI=1S/C9H11BrN2O.2ClH/c10-7-1-2-8(12-5-7)9-6-13-4-3-11-9;;/h1-2,5,9,11H,3-4,6H2;2*1H. The number of aromatic nitrogens is 1. The molecule has 15 heavy (non-hydrogen) atoms. The highest BCUT2D eigenvalue weighted by Gasteiger charge is 2.15. The zero-order valence-corrected chi connectivity index (χ0v) is 11.2. The van der Waals surface area contributed by atoms with E-state index in [-0.39, 0.29) is 30.9 Å². The van der Waals surface area contributed by atoms with Crippen LogP contribution in [0.4, 0.5) is 0 Å². The maximum absolute atomic E-state index is 5.35. The smallest absolute Gasteiger partial charge is 0.0733 e. The Bertz CT molecular complexity index is 278. The van der Waals surface area contributed by atoms with Gasteiger partial charge in [0.1, 0.15) is 0 Å². The van der Waals surface area contributed by atoms with Gasteiger partial charge in [-0.25, -0.2) is 0 Å².